The van der Waals surface area contributed by atoms with Crippen LogP contribution in [0.1, 0.15) is 6.42 Å². The molecule has 1 N–H and O–H groups in total. The number of halogens is 2. The first-order valence-corrected chi connectivity index (χ1v) is 10.5. The quantitative estimate of drug-likeness (QED) is 0.731. The van der Waals surface area contributed by atoms with Crippen molar-refractivity contribution in [3.63, 3.8) is 0 Å². The fourth-order valence-corrected chi connectivity index (χ4v) is 4.29. The van der Waals surface area contributed by atoms with E-state index in [0.717, 1.165) is 22.9 Å². The molecular weight excluding hydrogens is 402 g/mol. The van der Waals surface area contributed by atoms with Crippen LogP contribution in [-0.4, -0.2) is 56.8 Å². The van der Waals surface area contributed by atoms with Gasteiger partial charge in [-0.1, -0.05) is 0 Å². The third kappa shape index (κ3) is 5.07. The van der Waals surface area contributed by atoms with E-state index in [1.165, 1.54) is 37.6 Å². The number of likely N-dealkylation sites (N-methyl/N-ethyl adjacent to an activating group) is 1. The maximum atomic E-state index is 13.4. The van der Waals surface area contributed by atoms with Crippen molar-refractivity contribution in [2.24, 2.45) is 5.92 Å². The van der Waals surface area contributed by atoms with Gasteiger partial charge in [0, 0.05) is 50.8 Å². The Morgan fingerprint density at radius 2 is 2.10 bits per heavy atom. The standard InChI is InChI=1S/C19H22F2N4O3S/c1-24(29(27,28)16-3-2-7-22-11-16)13-19(26)23-10-14-6-8-25(12-14)15-4-5-17(20)18(21)9-15/h2-5,7,9,11,14H,6,8,10,12-13H2,1H3,(H,23,26). The number of nitrogens with one attached hydrogen (secondary N) is 1. The summed E-state index contributed by atoms with van der Waals surface area (Å²) < 4.78 is 52.3. The molecule has 29 heavy (non-hydrogen) atoms. The number of hydrogen-bond acceptors (Lipinski definition) is 5. The van der Waals surface area contributed by atoms with Crippen molar-refractivity contribution in [2.45, 2.75) is 11.3 Å². The predicted octanol–water partition coefficient (Wildman–Crippen LogP) is 1.62. The van der Waals surface area contributed by atoms with Crippen molar-refractivity contribution in [1.82, 2.24) is 14.6 Å². The highest BCUT2D eigenvalue weighted by Crippen LogP contribution is 2.25. The SMILES string of the molecule is CN(CC(=O)NCC1CCN(c2ccc(F)c(F)c2)C1)S(=O)(=O)c1cccnc1. The molecule has 0 spiro atoms. The van der Waals surface area contributed by atoms with Gasteiger partial charge in [-0.3, -0.25) is 9.78 Å². The Bertz CT molecular complexity index is 973. The second kappa shape index (κ2) is 8.83. The zero-order chi connectivity index (χ0) is 21.0. The molecule has 1 amide bonds. The summed E-state index contributed by atoms with van der Waals surface area (Å²) in [7, 11) is -2.45. The highest BCUT2D eigenvalue weighted by atomic mass is 32.2. The molecule has 10 heteroatoms. The molecule has 3 rings (SSSR count). The first kappa shape index (κ1) is 21.1. The summed E-state index contributed by atoms with van der Waals surface area (Å²) in [6.07, 6.45) is 3.48. The summed E-state index contributed by atoms with van der Waals surface area (Å²) >= 11 is 0. The van der Waals surface area contributed by atoms with E-state index in [4.69, 9.17) is 0 Å². The van der Waals surface area contributed by atoms with Gasteiger partial charge in [-0.05, 0) is 36.6 Å². The molecular formula is C19H22F2N4O3S. The summed E-state index contributed by atoms with van der Waals surface area (Å²) in [4.78, 5) is 17.9. The molecule has 1 aliphatic heterocycles. The van der Waals surface area contributed by atoms with Crippen LogP contribution in [0.4, 0.5) is 14.5 Å². The fraction of sp³-hybridized carbons (Fsp3) is 0.368. The van der Waals surface area contributed by atoms with Crippen LogP contribution in [-0.2, 0) is 14.8 Å². The maximum absolute atomic E-state index is 13.4. The van der Waals surface area contributed by atoms with Crippen molar-refractivity contribution >= 4 is 21.6 Å². The molecule has 0 bridgehead atoms. The molecule has 156 valence electrons. The Hall–Kier alpha value is -2.59. The van der Waals surface area contributed by atoms with E-state index in [0.29, 0.717) is 25.3 Å². The average molecular weight is 424 g/mol. The number of amides is 1. The van der Waals surface area contributed by atoms with E-state index in [1.807, 2.05) is 4.90 Å². The molecule has 2 heterocycles. The molecule has 1 atom stereocenters. The number of hydrogen-bond donors (Lipinski definition) is 1. The Morgan fingerprint density at radius 1 is 1.31 bits per heavy atom. The van der Waals surface area contributed by atoms with Gasteiger partial charge in [-0.15, -0.1) is 0 Å². The summed E-state index contributed by atoms with van der Waals surface area (Å²) in [5.74, 6) is -2.06. The zero-order valence-corrected chi connectivity index (χ0v) is 16.7. The van der Waals surface area contributed by atoms with Crippen molar-refractivity contribution in [3.05, 3.63) is 54.4 Å². The Balaban J connectivity index is 1.49. The number of aromatic nitrogens is 1. The summed E-state index contributed by atoms with van der Waals surface area (Å²) in [6.45, 7) is 1.33. The number of sulfonamides is 1. The molecule has 1 unspecified atom stereocenters. The molecule has 0 saturated carbocycles. The van der Waals surface area contributed by atoms with E-state index in [-0.39, 0.29) is 17.4 Å². The molecule has 0 radical (unpaired) electrons. The fourth-order valence-electron chi connectivity index (χ4n) is 3.20. The smallest absolute Gasteiger partial charge is 0.244 e. The number of anilines is 1. The number of rotatable bonds is 7. The molecule has 1 saturated heterocycles. The first-order chi connectivity index (χ1) is 13.8. The van der Waals surface area contributed by atoms with Crippen LogP contribution in [0.15, 0.2) is 47.6 Å². The number of pyridine rings is 1. The highest BCUT2D eigenvalue weighted by molar-refractivity contribution is 7.89. The minimum absolute atomic E-state index is 0.0215. The predicted molar refractivity (Wildman–Crippen MR) is 104 cm³/mol. The molecule has 2 aromatic rings. The second-order valence-corrected chi connectivity index (χ2v) is 9.00. The lowest BCUT2D eigenvalue weighted by Crippen LogP contribution is -2.40. The molecule has 1 aromatic carbocycles. The number of carbonyl (C=O) groups excluding carboxylic acids is 1. The number of nitrogens with zero attached hydrogens (tertiary/aromatic N) is 3. The van der Waals surface area contributed by atoms with E-state index in [9.17, 15) is 22.0 Å². The highest BCUT2D eigenvalue weighted by Gasteiger charge is 2.26. The monoisotopic (exact) mass is 424 g/mol. The van der Waals surface area contributed by atoms with Crippen LogP contribution >= 0.6 is 0 Å². The first-order valence-electron chi connectivity index (χ1n) is 9.10. The van der Waals surface area contributed by atoms with Gasteiger partial charge in [0.15, 0.2) is 11.6 Å². The summed E-state index contributed by atoms with van der Waals surface area (Å²) in [5.41, 5.74) is 0.597. The number of carbonyl (C=O) groups is 1. The van der Waals surface area contributed by atoms with Crippen LogP contribution in [0.25, 0.3) is 0 Å². The molecule has 1 fully saturated rings. The molecule has 0 aliphatic carbocycles. The van der Waals surface area contributed by atoms with Gasteiger partial charge in [-0.2, -0.15) is 4.31 Å². The normalized spacial score (nSPS) is 17.0. The van der Waals surface area contributed by atoms with Crippen molar-refractivity contribution < 1.29 is 22.0 Å². The van der Waals surface area contributed by atoms with Gasteiger partial charge in [0.25, 0.3) is 0 Å². The molecule has 7 nitrogen and oxygen atoms in total. The van der Waals surface area contributed by atoms with Crippen LogP contribution < -0.4 is 10.2 Å². The van der Waals surface area contributed by atoms with Gasteiger partial charge < -0.3 is 10.2 Å². The molecule has 1 aliphatic rings. The van der Waals surface area contributed by atoms with Crippen molar-refractivity contribution in [3.8, 4) is 0 Å². The number of benzene rings is 1. The van der Waals surface area contributed by atoms with Crippen LogP contribution in [0.2, 0.25) is 0 Å². The van der Waals surface area contributed by atoms with Crippen LogP contribution in [0, 0.1) is 17.6 Å². The zero-order valence-electron chi connectivity index (χ0n) is 15.9. The summed E-state index contributed by atoms with van der Waals surface area (Å²) in [5, 5.41) is 2.75. The van der Waals surface area contributed by atoms with E-state index < -0.39 is 27.6 Å². The Kier molecular flexibility index (Phi) is 6.43. The largest absolute Gasteiger partial charge is 0.371 e. The Labute approximate surface area is 168 Å². The lowest BCUT2D eigenvalue weighted by molar-refractivity contribution is -0.121. The van der Waals surface area contributed by atoms with Crippen LogP contribution in [0.3, 0.4) is 0 Å². The van der Waals surface area contributed by atoms with Gasteiger partial charge in [0.2, 0.25) is 15.9 Å². The van der Waals surface area contributed by atoms with Gasteiger partial charge in [0.1, 0.15) is 4.90 Å². The minimum atomic E-state index is -3.79. The third-order valence-corrected chi connectivity index (χ3v) is 6.64. The minimum Gasteiger partial charge on any atom is -0.371 e. The van der Waals surface area contributed by atoms with E-state index in [1.54, 1.807) is 0 Å². The van der Waals surface area contributed by atoms with Gasteiger partial charge in [-0.25, -0.2) is 17.2 Å². The Morgan fingerprint density at radius 3 is 2.79 bits per heavy atom. The lowest BCUT2D eigenvalue weighted by atomic mass is 10.1. The maximum Gasteiger partial charge on any atom is 0.244 e. The summed E-state index contributed by atoms with van der Waals surface area (Å²) in [6, 6.07) is 6.71. The molecule has 1 aromatic heterocycles. The lowest BCUT2D eigenvalue weighted by Gasteiger charge is -2.20. The van der Waals surface area contributed by atoms with E-state index >= 15 is 0 Å². The van der Waals surface area contributed by atoms with Gasteiger partial charge >= 0.3 is 0 Å². The van der Waals surface area contributed by atoms with Crippen LogP contribution in [0.5, 0.6) is 0 Å². The topological polar surface area (TPSA) is 82.6 Å². The average Bonchev–Trinajstić information content (AvgIpc) is 3.18. The van der Waals surface area contributed by atoms with E-state index in [2.05, 4.69) is 10.3 Å². The van der Waals surface area contributed by atoms with Crippen molar-refractivity contribution in [1.29, 1.82) is 0 Å². The van der Waals surface area contributed by atoms with Crippen molar-refractivity contribution in [2.75, 3.05) is 38.1 Å². The second-order valence-electron chi connectivity index (χ2n) is 6.95. The van der Waals surface area contributed by atoms with Gasteiger partial charge in [0.05, 0.1) is 6.54 Å². The third-order valence-electron chi connectivity index (χ3n) is 4.85.